The molecule has 0 atom stereocenters. The number of hydrogen-bond acceptors (Lipinski definition) is 4. The molecule has 1 amide bonds. The van der Waals surface area contributed by atoms with Gasteiger partial charge in [-0.15, -0.1) is 0 Å². The van der Waals surface area contributed by atoms with Gasteiger partial charge in [0.1, 0.15) is 0 Å². The number of aromatic nitrogens is 2. The van der Waals surface area contributed by atoms with Gasteiger partial charge in [-0.3, -0.25) is 9.59 Å². The van der Waals surface area contributed by atoms with Gasteiger partial charge in [-0.05, 0) is 44.2 Å². The highest BCUT2D eigenvalue weighted by atomic mass is 16.5. The quantitative estimate of drug-likeness (QED) is 0.746. The number of para-hydroxylation sites is 1. The number of aryl methyl sites for hydroxylation is 1. The van der Waals surface area contributed by atoms with E-state index in [9.17, 15) is 9.59 Å². The molecule has 0 spiro atoms. The number of ether oxygens (including phenoxy) is 1. The molecule has 3 rings (SSSR count). The van der Waals surface area contributed by atoms with Crippen LogP contribution in [0, 0.1) is 12.8 Å². The topological polar surface area (TPSA) is 73.2 Å². The lowest BCUT2D eigenvalue weighted by molar-refractivity contribution is 0.0929. The summed E-state index contributed by atoms with van der Waals surface area (Å²) < 4.78 is 7.13. The zero-order valence-corrected chi connectivity index (χ0v) is 14.4. The fraction of sp³-hybridized carbons (Fsp3) is 0.421. The van der Waals surface area contributed by atoms with Gasteiger partial charge in [0, 0.05) is 31.5 Å². The van der Waals surface area contributed by atoms with Crippen LogP contribution >= 0.6 is 0 Å². The van der Waals surface area contributed by atoms with Crippen molar-refractivity contribution in [2.45, 2.75) is 26.2 Å². The summed E-state index contributed by atoms with van der Waals surface area (Å²) in [5.41, 5.74) is 1.03. The van der Waals surface area contributed by atoms with E-state index in [0.717, 1.165) is 24.6 Å². The predicted molar refractivity (Wildman–Crippen MR) is 95.1 cm³/mol. The summed E-state index contributed by atoms with van der Waals surface area (Å²) in [6, 6.07) is 10.9. The van der Waals surface area contributed by atoms with Gasteiger partial charge in [-0.2, -0.15) is 5.10 Å². The number of rotatable bonds is 8. The van der Waals surface area contributed by atoms with Crippen LogP contribution in [0.1, 0.15) is 35.4 Å². The molecule has 1 fully saturated rings. The standard InChI is InChI=1S/C19H23N3O3/c1-14-12-17(23)18(21-22(14)16-6-3-2-4-7-16)19(24)20-10-5-11-25-13-15-8-9-15/h2-4,6-7,12,15H,5,8-11,13H2,1H3,(H,20,24). The van der Waals surface area contributed by atoms with E-state index in [2.05, 4.69) is 10.4 Å². The molecule has 1 heterocycles. The van der Waals surface area contributed by atoms with E-state index in [1.54, 1.807) is 11.6 Å². The first-order chi connectivity index (χ1) is 12.1. The monoisotopic (exact) mass is 341 g/mol. The Morgan fingerprint density at radius 2 is 2.08 bits per heavy atom. The second-order valence-corrected chi connectivity index (χ2v) is 6.37. The van der Waals surface area contributed by atoms with Crippen LogP contribution in [0.4, 0.5) is 0 Å². The Hall–Kier alpha value is -2.47. The van der Waals surface area contributed by atoms with Gasteiger partial charge in [-0.1, -0.05) is 18.2 Å². The van der Waals surface area contributed by atoms with Gasteiger partial charge in [0.15, 0.2) is 5.69 Å². The van der Waals surface area contributed by atoms with Crippen molar-refractivity contribution in [1.82, 2.24) is 15.1 Å². The molecule has 1 saturated carbocycles. The lowest BCUT2D eigenvalue weighted by Gasteiger charge is -2.11. The number of carbonyl (C=O) groups excluding carboxylic acids is 1. The first kappa shape index (κ1) is 17.4. The van der Waals surface area contributed by atoms with Crippen LogP contribution in [0.5, 0.6) is 0 Å². The second kappa shape index (κ2) is 8.07. The lowest BCUT2D eigenvalue weighted by atomic mass is 10.2. The van der Waals surface area contributed by atoms with Crippen LogP contribution in [-0.2, 0) is 4.74 Å². The van der Waals surface area contributed by atoms with Gasteiger partial charge < -0.3 is 10.1 Å². The number of nitrogens with one attached hydrogen (secondary N) is 1. The summed E-state index contributed by atoms with van der Waals surface area (Å²) in [6.45, 7) is 3.69. The SMILES string of the molecule is Cc1cc(=O)c(C(=O)NCCCOCC2CC2)nn1-c1ccccc1. The Morgan fingerprint density at radius 1 is 1.32 bits per heavy atom. The average Bonchev–Trinajstić information content (AvgIpc) is 3.43. The van der Waals surface area contributed by atoms with Gasteiger partial charge in [-0.25, -0.2) is 4.68 Å². The molecular formula is C19H23N3O3. The molecule has 0 radical (unpaired) electrons. The highest BCUT2D eigenvalue weighted by Crippen LogP contribution is 2.28. The van der Waals surface area contributed by atoms with E-state index in [0.29, 0.717) is 18.8 Å². The maximum absolute atomic E-state index is 12.3. The first-order valence-corrected chi connectivity index (χ1v) is 8.67. The molecule has 132 valence electrons. The van der Waals surface area contributed by atoms with Crippen LogP contribution in [0.25, 0.3) is 5.69 Å². The number of nitrogens with zero attached hydrogens (tertiary/aromatic N) is 2. The van der Waals surface area contributed by atoms with Crippen molar-refractivity contribution in [3.8, 4) is 5.69 Å². The Labute approximate surface area is 146 Å². The van der Waals surface area contributed by atoms with Crippen molar-refractivity contribution in [2.24, 2.45) is 5.92 Å². The largest absolute Gasteiger partial charge is 0.381 e. The molecule has 2 aromatic rings. The van der Waals surface area contributed by atoms with Gasteiger partial charge in [0.2, 0.25) is 5.43 Å². The molecule has 1 N–H and O–H groups in total. The minimum absolute atomic E-state index is 0.0895. The zero-order valence-electron chi connectivity index (χ0n) is 14.4. The Bertz CT molecular complexity index is 782. The van der Waals surface area contributed by atoms with Crippen molar-refractivity contribution in [3.05, 3.63) is 58.0 Å². The fourth-order valence-electron chi connectivity index (χ4n) is 2.53. The van der Waals surface area contributed by atoms with E-state index in [-0.39, 0.29) is 11.1 Å². The summed E-state index contributed by atoms with van der Waals surface area (Å²) in [5.74, 6) is 0.291. The van der Waals surface area contributed by atoms with Crippen molar-refractivity contribution in [2.75, 3.05) is 19.8 Å². The molecule has 1 aromatic carbocycles. The Kier molecular flexibility index (Phi) is 5.60. The van der Waals surface area contributed by atoms with Crippen LogP contribution in [0.15, 0.2) is 41.2 Å². The molecule has 6 heteroatoms. The molecule has 1 aromatic heterocycles. The molecule has 1 aliphatic carbocycles. The van der Waals surface area contributed by atoms with Crippen LogP contribution in [-0.4, -0.2) is 35.4 Å². The number of hydrogen-bond donors (Lipinski definition) is 1. The average molecular weight is 341 g/mol. The maximum Gasteiger partial charge on any atom is 0.275 e. The van der Waals surface area contributed by atoms with Crippen LogP contribution < -0.4 is 10.7 Å². The van der Waals surface area contributed by atoms with E-state index < -0.39 is 5.91 Å². The Balaban J connectivity index is 1.60. The number of benzene rings is 1. The summed E-state index contributed by atoms with van der Waals surface area (Å²) in [4.78, 5) is 24.4. The maximum atomic E-state index is 12.3. The molecular weight excluding hydrogens is 318 g/mol. The third-order valence-corrected chi connectivity index (χ3v) is 4.12. The van der Waals surface area contributed by atoms with Crippen molar-refractivity contribution in [3.63, 3.8) is 0 Å². The van der Waals surface area contributed by atoms with E-state index in [1.165, 1.54) is 18.9 Å². The predicted octanol–water partition coefficient (Wildman–Crippen LogP) is 2.09. The minimum Gasteiger partial charge on any atom is -0.381 e. The highest BCUT2D eigenvalue weighted by Gasteiger charge is 2.21. The second-order valence-electron chi connectivity index (χ2n) is 6.37. The molecule has 6 nitrogen and oxygen atoms in total. The lowest BCUT2D eigenvalue weighted by Crippen LogP contribution is -2.32. The molecule has 25 heavy (non-hydrogen) atoms. The zero-order chi connectivity index (χ0) is 17.6. The number of carbonyl (C=O) groups is 1. The van der Waals surface area contributed by atoms with Crippen molar-refractivity contribution in [1.29, 1.82) is 0 Å². The summed E-state index contributed by atoms with van der Waals surface area (Å²) in [7, 11) is 0. The van der Waals surface area contributed by atoms with Crippen LogP contribution in [0.3, 0.4) is 0 Å². The van der Waals surface area contributed by atoms with E-state index in [4.69, 9.17) is 4.74 Å². The van der Waals surface area contributed by atoms with Crippen molar-refractivity contribution < 1.29 is 9.53 Å². The molecule has 0 unspecified atom stereocenters. The van der Waals surface area contributed by atoms with Crippen LogP contribution in [0.2, 0.25) is 0 Å². The summed E-state index contributed by atoms with van der Waals surface area (Å²) >= 11 is 0. The van der Waals surface area contributed by atoms with Crippen molar-refractivity contribution >= 4 is 5.91 Å². The normalized spacial score (nSPS) is 13.6. The smallest absolute Gasteiger partial charge is 0.275 e. The molecule has 0 saturated heterocycles. The third kappa shape index (κ3) is 4.76. The first-order valence-electron chi connectivity index (χ1n) is 8.67. The Morgan fingerprint density at radius 3 is 2.80 bits per heavy atom. The molecule has 0 bridgehead atoms. The van der Waals surface area contributed by atoms with E-state index in [1.807, 2.05) is 30.3 Å². The highest BCUT2D eigenvalue weighted by molar-refractivity contribution is 5.92. The summed E-state index contributed by atoms with van der Waals surface area (Å²) in [6.07, 6.45) is 3.25. The fourth-order valence-corrected chi connectivity index (χ4v) is 2.53. The van der Waals surface area contributed by atoms with Gasteiger partial charge >= 0.3 is 0 Å². The minimum atomic E-state index is -0.447. The third-order valence-electron chi connectivity index (χ3n) is 4.12. The van der Waals surface area contributed by atoms with Gasteiger partial charge in [0.25, 0.3) is 5.91 Å². The number of amides is 1. The molecule has 0 aliphatic heterocycles. The van der Waals surface area contributed by atoms with Gasteiger partial charge in [0.05, 0.1) is 5.69 Å². The summed E-state index contributed by atoms with van der Waals surface area (Å²) in [5, 5.41) is 7.00. The molecule has 1 aliphatic rings. The van der Waals surface area contributed by atoms with E-state index >= 15 is 0 Å².